The lowest BCUT2D eigenvalue weighted by atomic mass is 10.1. The average molecular weight is 1900 g/mol. The third kappa shape index (κ3) is 22.2. The first-order valence-electron chi connectivity index (χ1n) is 39.7. The minimum absolute atomic E-state index is 0.104. The fourth-order valence-electron chi connectivity index (χ4n) is 13.5. The number of rotatable bonds is 20. The molecule has 668 valence electrons. The fraction of sp³-hybridized carbons (Fsp3) is 0.0842. The molecule has 0 radical (unpaired) electrons. The average Bonchev–Trinajstić information content (AvgIpc) is 1.67. The predicted octanol–water partition coefficient (Wildman–Crippen LogP) is 16.1. The number of nitrogen functional groups attached to an aromatic ring is 6. The molecule has 31 nitrogen and oxygen atoms in total. The minimum atomic E-state index is -2.98. The van der Waals surface area contributed by atoms with Crippen LogP contribution in [0.3, 0.4) is 0 Å². The summed E-state index contributed by atoms with van der Waals surface area (Å²) < 4.78 is 32.1. The molecule has 0 spiro atoms. The number of primary amides is 6. The Morgan fingerprint density at radius 3 is 0.947 bits per heavy atom. The highest BCUT2D eigenvalue weighted by atomic mass is 32.2. The van der Waals surface area contributed by atoms with E-state index in [0.29, 0.717) is 114 Å². The number of ether oxygens (including phenoxy) is 1. The summed E-state index contributed by atoms with van der Waals surface area (Å²) in [6.07, 6.45) is 10.8. The van der Waals surface area contributed by atoms with Gasteiger partial charge in [-0.1, -0.05) is 109 Å². The second-order valence-corrected chi connectivity index (χ2v) is 38.2. The number of sulfone groups is 1. The number of nitrogens with two attached hydrogens (primary N) is 12. The zero-order valence-electron chi connectivity index (χ0n) is 70.7. The van der Waals surface area contributed by atoms with Crippen molar-refractivity contribution in [1.82, 2.24) is 29.9 Å². The number of methoxy groups -OCH3 is 1. The van der Waals surface area contributed by atoms with E-state index in [-0.39, 0.29) is 12.2 Å². The molecule has 18 rings (SSSR count). The largest absolute Gasteiger partial charge is 0.497 e. The molecule has 0 fully saturated rings. The molecule has 133 heavy (non-hydrogen) atoms. The topological polar surface area (TPSA) is 601 Å². The predicted molar refractivity (Wildman–Crippen MR) is 534 cm³/mol. The van der Waals surface area contributed by atoms with Gasteiger partial charge in [-0.05, 0) is 143 Å². The maximum Gasteiger partial charge on any atom is 0.303 e. The van der Waals surface area contributed by atoms with Crippen molar-refractivity contribution < 1.29 is 51.8 Å². The van der Waals surface area contributed by atoms with Gasteiger partial charge in [-0.2, -0.15) is 5.26 Å². The van der Waals surface area contributed by atoms with E-state index < -0.39 is 51.2 Å². The number of hydrogen-bond acceptors (Lipinski definition) is 29. The molecule has 12 heterocycles. The van der Waals surface area contributed by atoms with E-state index in [4.69, 9.17) is 90.5 Å². The van der Waals surface area contributed by atoms with Crippen molar-refractivity contribution in [1.29, 1.82) is 5.26 Å². The molecule has 38 heteroatoms. The lowest BCUT2D eigenvalue weighted by Crippen LogP contribution is -2.11. The van der Waals surface area contributed by atoms with Gasteiger partial charge in [0.05, 0.1) is 86.1 Å². The highest BCUT2D eigenvalue weighted by Crippen LogP contribution is 2.44. The van der Waals surface area contributed by atoms with E-state index in [1.165, 1.54) is 117 Å². The van der Waals surface area contributed by atoms with Crippen LogP contribution in [0.25, 0.3) is 128 Å². The van der Waals surface area contributed by atoms with Crippen LogP contribution in [0.2, 0.25) is 0 Å². The number of nitriles is 1. The van der Waals surface area contributed by atoms with Crippen LogP contribution in [-0.4, -0.2) is 104 Å². The number of anilines is 6. The number of amides is 6. The molecular formula is C95H80N20O11S7. The van der Waals surface area contributed by atoms with E-state index in [1.807, 2.05) is 165 Å². The van der Waals surface area contributed by atoms with Gasteiger partial charge in [0, 0.05) is 117 Å². The number of carboxylic acids is 1. The van der Waals surface area contributed by atoms with Crippen molar-refractivity contribution in [3.8, 4) is 74.5 Å². The molecule has 0 saturated heterocycles. The summed E-state index contributed by atoms with van der Waals surface area (Å²) in [5.41, 5.74) is 80.5. The standard InChI is InChI=1S/C17H17N3O3S2.C17H15N3O3S.C16H12N4OS.C15H10N4OS.C15H13N3O2S.C15H13N3OS/c1-25(22,23)7-6-10-2-4-11(5-3-10)14-8-12-15(24-14)13(17(19)21)9-20-16(12)18;18-16-11-7-13(24-15(11)12(8-20-16)17(19)23)10-4-1-9(2-5-10)3-6-14(21)22;1-19-7-9-3-2-4-10(5-9)13-6-11-14(22-13)12(16(18)21)8-20-15(11)17;16-6-8-2-1-3-9(4-8)12-5-10-13(21-12)11(15(18)20)7-19-14(10)17;1-20-9-4-2-8(3-5-9)12-6-10-13(21-12)11(15(17)19)7-18-14(10)16;1-8-2-4-9(5-3-8)12-6-10-13(20-12)11(15(17)19)7-18-14(10)16/h2-5,8-9H,6-7H2,1H3,(H2,18,20)(H2,19,21);1-2,4-5,7-8H,3,6H2,(H2,18,20)(H2,19,23)(H,21,22);2-6,8H,7H2,(H2,17,20)(H2,18,21);1-5,7H,(H2,17,19)(H2,18,20);2-7H,1H3,(H2,16,18)(H2,17,19);2-7H,1H3,(H2,16,18)(H2,17,19). The Labute approximate surface area is 782 Å². The van der Waals surface area contributed by atoms with Gasteiger partial charge in [0.25, 0.3) is 35.4 Å². The van der Waals surface area contributed by atoms with Gasteiger partial charge in [0.2, 0.25) is 6.54 Å². The summed E-state index contributed by atoms with van der Waals surface area (Å²) in [5, 5.41) is 22.1. The number of thiophene rings is 6. The van der Waals surface area contributed by atoms with Crippen LogP contribution in [-0.2, 0) is 34.0 Å². The molecule has 0 saturated carbocycles. The van der Waals surface area contributed by atoms with Gasteiger partial charge in [0.15, 0.2) is 0 Å². The SMILES string of the molecule is COc1ccc(-c2cc3c(N)ncc(C(N)=O)c3s2)cc1.CS(=O)(=O)CCc1ccc(-c2cc3c(N)ncc(C(N)=O)c3s2)cc1.Cc1ccc(-c2cc3c(N)ncc(C(N)=O)c3s2)cc1.N#Cc1cccc(-c2cc3c(N)ncc(C(N)=O)c3s2)c1.NC(=O)c1cnc(N)c2cc(-c3ccc(CCC(=O)O)cc3)sc12.[C-]#[N+]Cc1cccc(-c2cc3c(N)ncc(C(N)=O)c3s2)c1. The van der Waals surface area contributed by atoms with Crippen LogP contribution >= 0.6 is 68.0 Å². The normalized spacial score (nSPS) is 10.9. The molecule has 0 atom stereocenters. The molecule has 0 aliphatic heterocycles. The number of carboxylic acid groups (broad SMARTS) is 1. The molecule has 0 unspecified atom stereocenters. The van der Waals surface area contributed by atoms with Crippen molar-refractivity contribution in [2.24, 2.45) is 34.4 Å². The quantitative estimate of drug-likeness (QED) is 0.0315. The van der Waals surface area contributed by atoms with E-state index in [9.17, 15) is 42.0 Å². The van der Waals surface area contributed by atoms with Crippen molar-refractivity contribution in [3.63, 3.8) is 0 Å². The lowest BCUT2D eigenvalue weighted by molar-refractivity contribution is -0.137. The van der Waals surface area contributed by atoms with Crippen molar-refractivity contribution in [2.45, 2.75) is 32.7 Å². The Kier molecular flexibility index (Phi) is 29.1. The molecule has 6 aromatic carbocycles. The molecule has 18 aromatic rings. The smallest absolute Gasteiger partial charge is 0.303 e. The summed E-state index contributed by atoms with van der Waals surface area (Å²) >= 11 is 8.69. The van der Waals surface area contributed by atoms with Crippen molar-refractivity contribution in [3.05, 3.63) is 292 Å². The summed E-state index contributed by atoms with van der Waals surface area (Å²) in [4.78, 5) is 113. The Morgan fingerprint density at radius 2 is 0.669 bits per heavy atom. The summed E-state index contributed by atoms with van der Waals surface area (Å²) in [6, 6.07) is 59.8. The molecule has 6 amide bonds. The number of carbonyl (C=O) groups excluding carboxylic acids is 6. The molecule has 12 aromatic heterocycles. The van der Waals surface area contributed by atoms with Gasteiger partial charge < -0.3 is 83.5 Å². The maximum atomic E-state index is 11.6. The highest BCUT2D eigenvalue weighted by molar-refractivity contribution is 7.90. The number of fused-ring (bicyclic) bond motifs is 6. The monoisotopic (exact) mass is 1900 g/mol. The van der Waals surface area contributed by atoms with Crippen LogP contribution < -0.4 is 73.5 Å². The molecule has 0 aliphatic carbocycles. The van der Waals surface area contributed by atoms with Gasteiger partial charge in [-0.15, -0.1) is 68.0 Å². The highest BCUT2D eigenvalue weighted by Gasteiger charge is 2.23. The van der Waals surface area contributed by atoms with E-state index in [2.05, 4.69) is 53.0 Å². The first kappa shape index (κ1) is 94.4. The Balaban J connectivity index is 0.000000136. The van der Waals surface area contributed by atoms with Crippen LogP contribution in [0.1, 0.15) is 96.4 Å². The molecule has 0 bridgehead atoms. The Hall–Kier alpha value is -16.2. The first-order chi connectivity index (χ1) is 63.5. The van der Waals surface area contributed by atoms with Crippen molar-refractivity contribution in [2.75, 3.05) is 53.5 Å². The second kappa shape index (κ2) is 41.1. The zero-order valence-corrected chi connectivity index (χ0v) is 76.4. The van der Waals surface area contributed by atoms with Gasteiger partial charge >= 0.3 is 5.97 Å². The number of aromatic nitrogens is 6. The molecule has 0 aliphatic rings. The summed E-state index contributed by atoms with van der Waals surface area (Å²) in [6.45, 7) is 9.34. The van der Waals surface area contributed by atoms with Gasteiger partial charge in [-0.3, -0.25) is 33.6 Å². The number of carbonyl (C=O) groups is 7. The Bertz CT molecular complexity index is 7810. The number of benzene rings is 6. The van der Waals surface area contributed by atoms with Crippen LogP contribution in [0, 0.1) is 24.8 Å². The summed E-state index contributed by atoms with van der Waals surface area (Å²) in [7, 11) is -1.36. The minimum Gasteiger partial charge on any atom is -0.497 e. The molecule has 25 N–H and O–H groups in total. The number of pyridine rings is 6. The van der Waals surface area contributed by atoms with Crippen LogP contribution in [0.5, 0.6) is 5.75 Å². The van der Waals surface area contributed by atoms with E-state index >= 15 is 0 Å². The maximum absolute atomic E-state index is 11.6. The van der Waals surface area contributed by atoms with Crippen LogP contribution in [0.4, 0.5) is 34.9 Å². The third-order valence-corrected chi connectivity index (χ3v) is 28.7. The van der Waals surface area contributed by atoms with Gasteiger partial charge in [-0.25, -0.2) is 44.9 Å². The fourth-order valence-corrected chi connectivity index (χ4v) is 21.2. The number of aliphatic carboxylic acids is 1. The van der Waals surface area contributed by atoms with Crippen molar-refractivity contribution >= 4 is 215 Å². The van der Waals surface area contributed by atoms with Gasteiger partial charge in [0.1, 0.15) is 50.5 Å². The lowest BCUT2D eigenvalue weighted by Gasteiger charge is -2.02. The number of aryl methyl sites for hydroxylation is 3. The first-order valence-corrected chi connectivity index (χ1v) is 46.6. The third-order valence-electron chi connectivity index (χ3n) is 20.4. The summed E-state index contributed by atoms with van der Waals surface area (Å²) in [5.74, 6) is -0.771. The Morgan fingerprint density at radius 1 is 0.391 bits per heavy atom. The number of hydrogen-bond donors (Lipinski definition) is 13. The second-order valence-electron chi connectivity index (χ2n) is 29.6. The molecular weight excluding hydrogens is 1820 g/mol. The van der Waals surface area contributed by atoms with E-state index in [1.54, 1.807) is 19.2 Å². The number of nitrogens with zero attached hydrogens (tertiary/aromatic N) is 8. The van der Waals surface area contributed by atoms with E-state index in [0.717, 1.165) is 125 Å². The zero-order chi connectivity index (χ0) is 95.4. The van der Waals surface area contributed by atoms with Crippen LogP contribution in [0.15, 0.2) is 219 Å².